The van der Waals surface area contributed by atoms with Gasteiger partial charge in [0.2, 0.25) is 0 Å². The van der Waals surface area contributed by atoms with Crippen molar-refractivity contribution in [2.24, 2.45) is 0 Å². The molecule has 4 heteroatoms. The number of ether oxygens (including phenoxy) is 1. The quantitative estimate of drug-likeness (QED) is 0.616. The summed E-state index contributed by atoms with van der Waals surface area (Å²) in [7, 11) is 0. The van der Waals surface area contributed by atoms with Gasteiger partial charge in [-0.05, 0) is 39.3 Å². The molecule has 0 aliphatic heterocycles. The normalized spacial score (nSPS) is 10.8. The van der Waals surface area contributed by atoms with Gasteiger partial charge in [0, 0.05) is 32.2 Å². The lowest BCUT2D eigenvalue weighted by atomic mass is 10.3. The molecular weight excluding hydrogens is 202 g/mol. The first-order valence-corrected chi connectivity index (χ1v) is 6.17. The van der Waals surface area contributed by atoms with Crippen molar-refractivity contribution >= 4 is 0 Å². The number of rotatable bonds is 10. The number of aromatic nitrogens is 2. The van der Waals surface area contributed by atoms with Crippen molar-refractivity contribution in [1.29, 1.82) is 0 Å². The van der Waals surface area contributed by atoms with Crippen LogP contribution in [0.1, 0.15) is 26.2 Å². The first kappa shape index (κ1) is 13.2. The van der Waals surface area contributed by atoms with Crippen molar-refractivity contribution < 1.29 is 4.74 Å². The monoisotopic (exact) mass is 225 g/mol. The van der Waals surface area contributed by atoms with E-state index < -0.39 is 0 Å². The molecule has 0 saturated carbocycles. The van der Waals surface area contributed by atoms with Gasteiger partial charge in [0.1, 0.15) is 0 Å². The van der Waals surface area contributed by atoms with E-state index in [2.05, 4.69) is 14.9 Å². The molecule has 0 atom stereocenters. The highest BCUT2D eigenvalue weighted by Crippen LogP contribution is 1.93. The highest BCUT2D eigenvalue weighted by atomic mass is 16.5. The number of unbranched alkanes of at least 4 members (excludes halogenated alkanes) is 1. The predicted molar refractivity (Wildman–Crippen MR) is 65.4 cm³/mol. The van der Waals surface area contributed by atoms with E-state index in [0.717, 1.165) is 39.3 Å². The van der Waals surface area contributed by atoms with Crippen LogP contribution in [-0.4, -0.2) is 35.9 Å². The molecule has 0 aliphatic rings. The Kier molecular flexibility index (Phi) is 7.72. The van der Waals surface area contributed by atoms with Crippen LogP contribution in [0.15, 0.2) is 18.7 Å². The molecule has 16 heavy (non-hydrogen) atoms. The molecule has 0 aliphatic carbocycles. The largest absolute Gasteiger partial charge is 0.382 e. The molecule has 0 aromatic carbocycles. The molecule has 1 N–H and O–H groups in total. The van der Waals surface area contributed by atoms with Crippen LogP contribution < -0.4 is 5.32 Å². The van der Waals surface area contributed by atoms with Crippen molar-refractivity contribution in [3.63, 3.8) is 0 Å². The molecule has 0 spiro atoms. The average Bonchev–Trinajstić information content (AvgIpc) is 2.80. The fourth-order valence-corrected chi connectivity index (χ4v) is 1.53. The van der Waals surface area contributed by atoms with E-state index in [-0.39, 0.29) is 0 Å². The van der Waals surface area contributed by atoms with E-state index in [9.17, 15) is 0 Å². The third kappa shape index (κ3) is 6.58. The summed E-state index contributed by atoms with van der Waals surface area (Å²) < 4.78 is 7.38. The van der Waals surface area contributed by atoms with Crippen LogP contribution in [-0.2, 0) is 11.3 Å². The lowest BCUT2D eigenvalue weighted by molar-refractivity contribution is 0.145. The maximum atomic E-state index is 5.26. The lowest BCUT2D eigenvalue weighted by Crippen LogP contribution is -2.18. The van der Waals surface area contributed by atoms with Crippen molar-refractivity contribution in [2.75, 3.05) is 26.3 Å². The second-order valence-electron chi connectivity index (χ2n) is 3.81. The standard InChI is InChI=1S/C12H23N3O/c1-2-16-11-5-7-13-6-3-4-9-15-10-8-14-12-15/h8,10,12-13H,2-7,9,11H2,1H3. The number of imidazole rings is 1. The predicted octanol–water partition coefficient (Wildman–Crippen LogP) is 1.68. The minimum Gasteiger partial charge on any atom is -0.382 e. The summed E-state index contributed by atoms with van der Waals surface area (Å²) in [5, 5.41) is 3.42. The van der Waals surface area contributed by atoms with Gasteiger partial charge in [-0.2, -0.15) is 0 Å². The van der Waals surface area contributed by atoms with E-state index in [0.29, 0.717) is 0 Å². The Hall–Kier alpha value is -0.870. The van der Waals surface area contributed by atoms with Gasteiger partial charge in [-0.1, -0.05) is 0 Å². The third-order valence-electron chi connectivity index (χ3n) is 2.43. The molecule has 0 fully saturated rings. The Morgan fingerprint density at radius 1 is 1.25 bits per heavy atom. The van der Waals surface area contributed by atoms with Crippen LogP contribution in [0.2, 0.25) is 0 Å². The smallest absolute Gasteiger partial charge is 0.0945 e. The summed E-state index contributed by atoms with van der Waals surface area (Å²) >= 11 is 0. The number of nitrogens with zero attached hydrogens (tertiary/aromatic N) is 2. The van der Waals surface area contributed by atoms with Crippen LogP contribution in [0.4, 0.5) is 0 Å². The van der Waals surface area contributed by atoms with Gasteiger partial charge in [-0.3, -0.25) is 0 Å². The minimum absolute atomic E-state index is 0.824. The van der Waals surface area contributed by atoms with Crippen LogP contribution >= 0.6 is 0 Å². The fraction of sp³-hybridized carbons (Fsp3) is 0.750. The summed E-state index contributed by atoms with van der Waals surface area (Å²) in [5.74, 6) is 0. The summed E-state index contributed by atoms with van der Waals surface area (Å²) in [4.78, 5) is 4.01. The Labute approximate surface area is 98.0 Å². The Bertz CT molecular complexity index is 236. The molecule has 1 rings (SSSR count). The summed E-state index contributed by atoms with van der Waals surface area (Å²) in [5.41, 5.74) is 0. The molecule has 1 heterocycles. The topological polar surface area (TPSA) is 39.1 Å². The van der Waals surface area contributed by atoms with E-state index >= 15 is 0 Å². The first-order chi connectivity index (χ1) is 7.93. The van der Waals surface area contributed by atoms with Crippen molar-refractivity contribution in [1.82, 2.24) is 14.9 Å². The Morgan fingerprint density at radius 3 is 2.88 bits per heavy atom. The summed E-state index contributed by atoms with van der Waals surface area (Å²) in [6.45, 7) is 6.96. The highest BCUT2D eigenvalue weighted by Gasteiger charge is 1.91. The van der Waals surface area contributed by atoms with Crippen molar-refractivity contribution in [2.45, 2.75) is 32.7 Å². The fourth-order valence-electron chi connectivity index (χ4n) is 1.53. The summed E-state index contributed by atoms with van der Waals surface area (Å²) in [6.07, 6.45) is 9.23. The zero-order valence-electron chi connectivity index (χ0n) is 10.2. The second kappa shape index (κ2) is 9.36. The maximum absolute atomic E-state index is 5.26. The number of hydrogen-bond donors (Lipinski definition) is 1. The van der Waals surface area contributed by atoms with E-state index in [4.69, 9.17) is 4.74 Å². The van der Waals surface area contributed by atoms with Crippen LogP contribution in [0.5, 0.6) is 0 Å². The molecule has 0 radical (unpaired) electrons. The van der Waals surface area contributed by atoms with Gasteiger partial charge in [0.15, 0.2) is 0 Å². The van der Waals surface area contributed by atoms with E-state index in [1.807, 2.05) is 25.6 Å². The van der Waals surface area contributed by atoms with Gasteiger partial charge in [-0.15, -0.1) is 0 Å². The Morgan fingerprint density at radius 2 is 2.12 bits per heavy atom. The van der Waals surface area contributed by atoms with Crippen LogP contribution in [0.3, 0.4) is 0 Å². The maximum Gasteiger partial charge on any atom is 0.0945 e. The SMILES string of the molecule is CCOCCCNCCCCn1ccnc1. The number of aryl methyl sites for hydroxylation is 1. The molecule has 0 saturated heterocycles. The molecule has 4 nitrogen and oxygen atoms in total. The van der Waals surface area contributed by atoms with E-state index in [1.54, 1.807) is 0 Å². The molecule has 1 aromatic rings. The van der Waals surface area contributed by atoms with Gasteiger partial charge in [-0.25, -0.2) is 4.98 Å². The number of hydrogen-bond acceptors (Lipinski definition) is 3. The summed E-state index contributed by atoms with van der Waals surface area (Å²) in [6, 6.07) is 0. The van der Waals surface area contributed by atoms with Gasteiger partial charge in [0.25, 0.3) is 0 Å². The number of nitrogens with one attached hydrogen (secondary N) is 1. The van der Waals surface area contributed by atoms with Gasteiger partial charge >= 0.3 is 0 Å². The van der Waals surface area contributed by atoms with Crippen LogP contribution in [0, 0.1) is 0 Å². The highest BCUT2D eigenvalue weighted by molar-refractivity contribution is 4.73. The lowest BCUT2D eigenvalue weighted by Gasteiger charge is -2.05. The minimum atomic E-state index is 0.824. The van der Waals surface area contributed by atoms with E-state index in [1.165, 1.54) is 12.8 Å². The third-order valence-corrected chi connectivity index (χ3v) is 2.43. The van der Waals surface area contributed by atoms with Gasteiger partial charge < -0.3 is 14.6 Å². The molecule has 0 amide bonds. The van der Waals surface area contributed by atoms with Crippen LogP contribution in [0.25, 0.3) is 0 Å². The van der Waals surface area contributed by atoms with Crippen molar-refractivity contribution in [3.05, 3.63) is 18.7 Å². The Balaban J connectivity index is 1.78. The zero-order valence-corrected chi connectivity index (χ0v) is 10.2. The molecular formula is C12H23N3O. The molecule has 0 unspecified atom stereocenters. The zero-order chi connectivity index (χ0) is 11.5. The second-order valence-corrected chi connectivity index (χ2v) is 3.81. The average molecular weight is 225 g/mol. The molecule has 1 aromatic heterocycles. The molecule has 92 valence electrons. The molecule has 0 bridgehead atoms. The van der Waals surface area contributed by atoms with Gasteiger partial charge in [0.05, 0.1) is 6.33 Å². The van der Waals surface area contributed by atoms with Crippen molar-refractivity contribution in [3.8, 4) is 0 Å². The first-order valence-electron chi connectivity index (χ1n) is 6.17.